The van der Waals surface area contributed by atoms with Crippen molar-refractivity contribution in [2.45, 2.75) is 43.1 Å². The zero-order chi connectivity index (χ0) is 18.1. The van der Waals surface area contributed by atoms with Crippen LogP contribution in [0.25, 0.3) is 11.5 Å². The number of ketones is 1. The van der Waals surface area contributed by atoms with Crippen molar-refractivity contribution < 1.29 is 22.5 Å². The zero-order valence-corrected chi connectivity index (χ0v) is 14.9. The van der Waals surface area contributed by atoms with Gasteiger partial charge in [-0.15, -0.1) is 0 Å². The lowest BCUT2D eigenvalue weighted by molar-refractivity contribution is -0.120. The van der Waals surface area contributed by atoms with Crippen LogP contribution in [0.3, 0.4) is 0 Å². The number of hydrogen-bond acceptors (Lipinski definition) is 8. The van der Waals surface area contributed by atoms with E-state index in [1.54, 1.807) is 6.07 Å². The SMILES string of the molecule is CC(C)(C(=O)Cc1nc(-c2ccon2)n[nH]1)S(=O)(=O)C1CCOCC1. The van der Waals surface area contributed by atoms with E-state index < -0.39 is 25.6 Å². The molecule has 1 aliphatic heterocycles. The fraction of sp³-hybridized carbons (Fsp3) is 0.600. The summed E-state index contributed by atoms with van der Waals surface area (Å²) in [6.07, 6.45) is 2.07. The fourth-order valence-electron chi connectivity index (χ4n) is 2.74. The van der Waals surface area contributed by atoms with Gasteiger partial charge in [-0.1, -0.05) is 5.16 Å². The fourth-order valence-corrected chi connectivity index (χ4v) is 4.78. The van der Waals surface area contributed by atoms with Crippen LogP contribution in [0.1, 0.15) is 32.5 Å². The molecule has 0 atom stereocenters. The van der Waals surface area contributed by atoms with E-state index in [1.807, 2.05) is 0 Å². The summed E-state index contributed by atoms with van der Waals surface area (Å²) in [5, 5.41) is 9.78. The molecule has 2 aromatic rings. The standard InChI is InChI=1S/C15H20N4O5S/c1-15(2,25(21,22)10-3-6-23-7-4-10)12(20)9-13-16-14(18-17-13)11-5-8-24-19-11/h5,8,10H,3-4,6-7,9H2,1-2H3,(H,16,17,18). The van der Waals surface area contributed by atoms with Gasteiger partial charge < -0.3 is 9.26 Å². The van der Waals surface area contributed by atoms with Crippen LogP contribution in [-0.2, 0) is 25.8 Å². The Balaban J connectivity index is 1.75. The Morgan fingerprint density at radius 3 is 2.72 bits per heavy atom. The van der Waals surface area contributed by atoms with Crippen molar-refractivity contribution in [2.24, 2.45) is 0 Å². The predicted molar refractivity (Wildman–Crippen MR) is 87.4 cm³/mol. The number of hydrogen-bond donors (Lipinski definition) is 1. The molecule has 0 saturated carbocycles. The molecule has 0 spiro atoms. The number of sulfone groups is 1. The van der Waals surface area contributed by atoms with Gasteiger partial charge in [-0.05, 0) is 26.7 Å². The molecule has 2 aromatic heterocycles. The molecule has 136 valence electrons. The van der Waals surface area contributed by atoms with Crippen LogP contribution in [0.4, 0.5) is 0 Å². The molecule has 0 amide bonds. The molecular formula is C15H20N4O5S. The second-order valence-electron chi connectivity index (χ2n) is 6.46. The first-order chi connectivity index (χ1) is 11.8. The lowest BCUT2D eigenvalue weighted by Gasteiger charge is -2.31. The van der Waals surface area contributed by atoms with Crippen LogP contribution in [0.5, 0.6) is 0 Å². The van der Waals surface area contributed by atoms with Crippen LogP contribution in [-0.4, -0.2) is 57.7 Å². The highest BCUT2D eigenvalue weighted by atomic mass is 32.2. The number of carbonyl (C=O) groups excluding carboxylic acids is 1. The monoisotopic (exact) mass is 368 g/mol. The van der Waals surface area contributed by atoms with Gasteiger partial charge in [0, 0.05) is 19.3 Å². The molecule has 10 heteroatoms. The molecule has 1 fully saturated rings. The molecule has 3 heterocycles. The number of Topliss-reactive ketones (excluding diaryl/α,β-unsaturated/α-hetero) is 1. The lowest BCUT2D eigenvalue weighted by Crippen LogP contribution is -2.48. The van der Waals surface area contributed by atoms with Crippen LogP contribution in [0, 0.1) is 0 Å². The van der Waals surface area contributed by atoms with E-state index in [0.717, 1.165) is 0 Å². The highest BCUT2D eigenvalue weighted by Crippen LogP contribution is 2.29. The van der Waals surface area contributed by atoms with Gasteiger partial charge >= 0.3 is 0 Å². The highest BCUT2D eigenvalue weighted by Gasteiger charge is 2.46. The Morgan fingerprint density at radius 2 is 2.08 bits per heavy atom. The minimum atomic E-state index is -3.64. The molecule has 0 radical (unpaired) electrons. The van der Waals surface area contributed by atoms with Crippen LogP contribution >= 0.6 is 0 Å². The Kier molecular flexibility index (Phi) is 4.74. The molecule has 1 saturated heterocycles. The normalized spacial score (nSPS) is 16.9. The molecule has 1 aliphatic rings. The summed E-state index contributed by atoms with van der Waals surface area (Å²) in [5.41, 5.74) is 0.434. The summed E-state index contributed by atoms with van der Waals surface area (Å²) in [6.45, 7) is 3.71. The number of nitrogens with one attached hydrogen (secondary N) is 1. The number of nitrogens with zero attached hydrogens (tertiary/aromatic N) is 3. The number of H-pyrrole nitrogens is 1. The van der Waals surface area contributed by atoms with Gasteiger partial charge in [0.15, 0.2) is 21.3 Å². The van der Waals surface area contributed by atoms with Gasteiger partial charge in [0.25, 0.3) is 0 Å². The van der Waals surface area contributed by atoms with Crippen molar-refractivity contribution in [3.8, 4) is 11.5 Å². The summed E-state index contributed by atoms with van der Waals surface area (Å²) < 4.78 is 34.2. The van der Waals surface area contributed by atoms with Gasteiger partial charge in [-0.2, -0.15) is 5.10 Å². The Hall–Kier alpha value is -2.07. The smallest absolute Gasteiger partial charge is 0.203 e. The molecule has 0 aromatic carbocycles. The van der Waals surface area contributed by atoms with E-state index >= 15 is 0 Å². The van der Waals surface area contributed by atoms with Crippen molar-refractivity contribution >= 4 is 15.6 Å². The average Bonchev–Trinajstić information content (AvgIpc) is 3.26. The molecule has 25 heavy (non-hydrogen) atoms. The first kappa shape index (κ1) is 17.7. The number of ether oxygens (including phenoxy) is 1. The molecule has 3 rings (SSSR count). The van der Waals surface area contributed by atoms with Crippen LogP contribution in [0.2, 0.25) is 0 Å². The van der Waals surface area contributed by atoms with Gasteiger partial charge in [0.1, 0.15) is 16.8 Å². The van der Waals surface area contributed by atoms with Gasteiger partial charge in [-0.3, -0.25) is 9.89 Å². The first-order valence-corrected chi connectivity index (χ1v) is 9.53. The summed E-state index contributed by atoms with van der Waals surface area (Å²) >= 11 is 0. The van der Waals surface area contributed by atoms with E-state index in [-0.39, 0.29) is 6.42 Å². The topological polar surface area (TPSA) is 128 Å². The predicted octanol–water partition coefficient (Wildman–Crippen LogP) is 0.944. The Bertz CT molecular complexity index is 835. The number of aromatic nitrogens is 4. The number of aromatic amines is 1. The van der Waals surface area contributed by atoms with Crippen molar-refractivity contribution in [1.82, 2.24) is 20.3 Å². The third-order valence-electron chi connectivity index (χ3n) is 4.52. The zero-order valence-electron chi connectivity index (χ0n) is 14.1. The second-order valence-corrected chi connectivity index (χ2v) is 9.23. The molecule has 0 unspecified atom stereocenters. The van der Waals surface area contributed by atoms with Crippen molar-refractivity contribution in [2.75, 3.05) is 13.2 Å². The van der Waals surface area contributed by atoms with E-state index in [4.69, 9.17) is 9.26 Å². The van der Waals surface area contributed by atoms with Crippen molar-refractivity contribution in [3.63, 3.8) is 0 Å². The number of carbonyl (C=O) groups is 1. The molecule has 1 N–H and O–H groups in total. The maximum Gasteiger partial charge on any atom is 0.203 e. The summed E-state index contributed by atoms with van der Waals surface area (Å²) in [7, 11) is -3.64. The second kappa shape index (κ2) is 6.68. The van der Waals surface area contributed by atoms with E-state index in [1.165, 1.54) is 20.1 Å². The Morgan fingerprint density at radius 1 is 1.36 bits per heavy atom. The summed E-state index contributed by atoms with van der Waals surface area (Å²) in [6, 6.07) is 1.59. The lowest BCUT2D eigenvalue weighted by atomic mass is 10.1. The van der Waals surface area contributed by atoms with Crippen molar-refractivity contribution in [1.29, 1.82) is 0 Å². The maximum absolute atomic E-state index is 12.9. The van der Waals surface area contributed by atoms with E-state index in [2.05, 4.69) is 20.3 Å². The van der Waals surface area contributed by atoms with E-state index in [0.29, 0.717) is 43.4 Å². The van der Waals surface area contributed by atoms with Crippen molar-refractivity contribution in [3.05, 3.63) is 18.2 Å². The molecule has 9 nitrogen and oxygen atoms in total. The third kappa shape index (κ3) is 3.36. The largest absolute Gasteiger partial charge is 0.381 e. The molecule has 0 aliphatic carbocycles. The van der Waals surface area contributed by atoms with Gasteiger partial charge in [0.2, 0.25) is 5.82 Å². The van der Waals surface area contributed by atoms with Gasteiger partial charge in [0.05, 0.1) is 11.7 Å². The van der Waals surface area contributed by atoms with Gasteiger partial charge in [-0.25, -0.2) is 13.4 Å². The third-order valence-corrected chi connectivity index (χ3v) is 7.52. The minimum Gasteiger partial charge on any atom is -0.381 e. The highest BCUT2D eigenvalue weighted by molar-refractivity contribution is 7.94. The van der Waals surface area contributed by atoms with E-state index in [9.17, 15) is 13.2 Å². The Labute approximate surface area is 145 Å². The minimum absolute atomic E-state index is 0.152. The molecular weight excluding hydrogens is 348 g/mol. The van der Waals surface area contributed by atoms with Crippen LogP contribution in [0.15, 0.2) is 16.9 Å². The number of rotatable bonds is 6. The first-order valence-electron chi connectivity index (χ1n) is 7.99. The van der Waals surface area contributed by atoms with Crippen LogP contribution < -0.4 is 0 Å². The maximum atomic E-state index is 12.9. The quantitative estimate of drug-likeness (QED) is 0.798. The molecule has 0 bridgehead atoms. The summed E-state index contributed by atoms with van der Waals surface area (Å²) in [5.74, 6) is 0.154. The summed E-state index contributed by atoms with van der Waals surface area (Å²) in [4.78, 5) is 16.9. The average molecular weight is 368 g/mol.